The lowest BCUT2D eigenvalue weighted by atomic mass is 10.1. The van der Waals surface area contributed by atoms with Crippen LogP contribution in [0.3, 0.4) is 0 Å². The Morgan fingerprint density at radius 1 is 1.33 bits per heavy atom. The van der Waals surface area contributed by atoms with Crippen LogP contribution < -0.4 is 15.4 Å². The second kappa shape index (κ2) is 7.84. The van der Waals surface area contributed by atoms with Gasteiger partial charge in [-0.1, -0.05) is 13.0 Å². The molecule has 4 nitrogen and oxygen atoms in total. The van der Waals surface area contributed by atoms with Crippen molar-refractivity contribution >= 4 is 16.6 Å². The number of rotatable bonds is 8. The maximum atomic E-state index is 5.38. The van der Waals surface area contributed by atoms with Crippen LogP contribution in [0.1, 0.15) is 26.7 Å². The van der Waals surface area contributed by atoms with Crippen molar-refractivity contribution in [1.82, 2.24) is 10.3 Å². The summed E-state index contributed by atoms with van der Waals surface area (Å²) >= 11 is 0. The third-order valence-electron chi connectivity index (χ3n) is 3.56. The monoisotopic (exact) mass is 287 g/mol. The summed E-state index contributed by atoms with van der Waals surface area (Å²) in [5, 5.41) is 8.02. The van der Waals surface area contributed by atoms with E-state index in [1.807, 2.05) is 24.4 Å². The molecule has 0 aliphatic carbocycles. The number of nitrogens with zero attached hydrogens (tertiary/aromatic N) is 1. The predicted octanol–water partition coefficient (Wildman–Crippen LogP) is 3.43. The SMILES string of the molecule is CCNCCCC(C)Nc1cc(OC)cc2cccnc12. The number of hydrogen-bond acceptors (Lipinski definition) is 4. The number of nitrogens with one attached hydrogen (secondary N) is 2. The summed E-state index contributed by atoms with van der Waals surface area (Å²) in [4.78, 5) is 4.49. The van der Waals surface area contributed by atoms with Crippen LogP contribution >= 0.6 is 0 Å². The molecule has 0 radical (unpaired) electrons. The Balaban J connectivity index is 2.09. The van der Waals surface area contributed by atoms with Crippen molar-refractivity contribution in [3.05, 3.63) is 30.5 Å². The summed E-state index contributed by atoms with van der Waals surface area (Å²) in [6, 6.07) is 8.46. The molecule has 0 saturated carbocycles. The summed E-state index contributed by atoms with van der Waals surface area (Å²) < 4.78 is 5.38. The molecule has 4 heteroatoms. The van der Waals surface area contributed by atoms with Crippen LogP contribution in [-0.2, 0) is 0 Å². The summed E-state index contributed by atoms with van der Waals surface area (Å²) in [5.41, 5.74) is 2.04. The zero-order chi connectivity index (χ0) is 15.1. The van der Waals surface area contributed by atoms with E-state index in [-0.39, 0.29) is 0 Å². The van der Waals surface area contributed by atoms with E-state index in [1.165, 1.54) is 0 Å². The molecule has 0 aliphatic rings. The Morgan fingerprint density at radius 2 is 2.19 bits per heavy atom. The number of anilines is 1. The number of aromatic nitrogens is 1. The van der Waals surface area contributed by atoms with Crippen LogP contribution in [-0.4, -0.2) is 31.2 Å². The summed E-state index contributed by atoms with van der Waals surface area (Å²) in [6.07, 6.45) is 4.12. The molecule has 0 spiro atoms. The maximum Gasteiger partial charge on any atom is 0.121 e. The number of benzene rings is 1. The normalized spacial score (nSPS) is 12.3. The lowest BCUT2D eigenvalue weighted by Gasteiger charge is -2.17. The third-order valence-corrected chi connectivity index (χ3v) is 3.56. The molecule has 21 heavy (non-hydrogen) atoms. The van der Waals surface area contributed by atoms with Gasteiger partial charge in [-0.05, 0) is 45.0 Å². The van der Waals surface area contributed by atoms with Gasteiger partial charge in [0.2, 0.25) is 0 Å². The van der Waals surface area contributed by atoms with Gasteiger partial charge in [-0.3, -0.25) is 4.98 Å². The molecule has 1 aromatic heterocycles. The van der Waals surface area contributed by atoms with E-state index in [4.69, 9.17) is 4.74 Å². The van der Waals surface area contributed by atoms with Gasteiger partial charge in [0.25, 0.3) is 0 Å². The number of methoxy groups -OCH3 is 1. The summed E-state index contributed by atoms with van der Waals surface area (Å²) in [5.74, 6) is 0.859. The molecule has 2 aromatic rings. The van der Waals surface area contributed by atoms with E-state index in [0.717, 1.165) is 48.3 Å². The molecule has 0 amide bonds. The van der Waals surface area contributed by atoms with Gasteiger partial charge in [0.1, 0.15) is 5.75 Å². The molecule has 2 rings (SSSR count). The maximum absolute atomic E-state index is 5.38. The first-order chi connectivity index (χ1) is 10.2. The van der Waals surface area contributed by atoms with Gasteiger partial charge in [0, 0.05) is 23.7 Å². The molecule has 0 bridgehead atoms. The average molecular weight is 287 g/mol. The van der Waals surface area contributed by atoms with E-state index in [0.29, 0.717) is 6.04 Å². The lowest BCUT2D eigenvalue weighted by Crippen LogP contribution is -2.20. The Hall–Kier alpha value is -1.81. The Morgan fingerprint density at radius 3 is 2.95 bits per heavy atom. The molecule has 114 valence electrons. The van der Waals surface area contributed by atoms with Gasteiger partial charge in [-0.15, -0.1) is 0 Å². The fourth-order valence-corrected chi connectivity index (χ4v) is 2.44. The number of fused-ring (bicyclic) bond motifs is 1. The van der Waals surface area contributed by atoms with Gasteiger partial charge in [-0.2, -0.15) is 0 Å². The van der Waals surface area contributed by atoms with E-state index < -0.39 is 0 Å². The van der Waals surface area contributed by atoms with Gasteiger partial charge in [-0.25, -0.2) is 0 Å². The highest BCUT2D eigenvalue weighted by molar-refractivity contribution is 5.91. The topological polar surface area (TPSA) is 46.2 Å². The van der Waals surface area contributed by atoms with Crippen molar-refractivity contribution in [2.75, 3.05) is 25.5 Å². The summed E-state index contributed by atoms with van der Waals surface area (Å²) in [7, 11) is 1.70. The molecule has 1 aromatic carbocycles. The highest BCUT2D eigenvalue weighted by Crippen LogP contribution is 2.28. The fourth-order valence-electron chi connectivity index (χ4n) is 2.44. The molecule has 0 saturated heterocycles. The van der Waals surface area contributed by atoms with Crippen molar-refractivity contribution in [2.24, 2.45) is 0 Å². The van der Waals surface area contributed by atoms with Crippen molar-refractivity contribution in [3.63, 3.8) is 0 Å². The van der Waals surface area contributed by atoms with E-state index in [2.05, 4.69) is 35.5 Å². The number of ether oxygens (including phenoxy) is 1. The zero-order valence-electron chi connectivity index (χ0n) is 13.1. The largest absolute Gasteiger partial charge is 0.497 e. The van der Waals surface area contributed by atoms with Gasteiger partial charge < -0.3 is 15.4 Å². The van der Waals surface area contributed by atoms with Crippen LogP contribution in [0, 0.1) is 0 Å². The average Bonchev–Trinajstić information content (AvgIpc) is 2.51. The van der Waals surface area contributed by atoms with E-state index in [9.17, 15) is 0 Å². The molecule has 1 unspecified atom stereocenters. The Kier molecular flexibility index (Phi) is 5.81. The fraction of sp³-hybridized carbons (Fsp3) is 0.471. The highest BCUT2D eigenvalue weighted by atomic mass is 16.5. The highest BCUT2D eigenvalue weighted by Gasteiger charge is 2.08. The van der Waals surface area contributed by atoms with Crippen LogP contribution in [0.2, 0.25) is 0 Å². The third kappa shape index (κ3) is 4.33. The molecular weight excluding hydrogens is 262 g/mol. The number of hydrogen-bond donors (Lipinski definition) is 2. The van der Waals surface area contributed by atoms with Gasteiger partial charge in [0.05, 0.1) is 18.3 Å². The first-order valence-electron chi connectivity index (χ1n) is 7.64. The quantitative estimate of drug-likeness (QED) is 0.730. The first-order valence-corrected chi connectivity index (χ1v) is 7.64. The molecule has 1 atom stereocenters. The van der Waals surface area contributed by atoms with Crippen LogP contribution in [0.15, 0.2) is 30.5 Å². The lowest BCUT2D eigenvalue weighted by molar-refractivity contribution is 0.415. The van der Waals surface area contributed by atoms with Crippen LogP contribution in [0.25, 0.3) is 10.9 Å². The minimum atomic E-state index is 0.404. The van der Waals surface area contributed by atoms with Gasteiger partial charge in [0.15, 0.2) is 0 Å². The Labute approximate surface area is 126 Å². The summed E-state index contributed by atoms with van der Waals surface area (Å²) in [6.45, 7) is 6.45. The smallest absolute Gasteiger partial charge is 0.121 e. The van der Waals surface area contributed by atoms with E-state index >= 15 is 0 Å². The minimum Gasteiger partial charge on any atom is -0.497 e. The molecule has 0 aliphatic heterocycles. The minimum absolute atomic E-state index is 0.404. The van der Waals surface area contributed by atoms with Crippen molar-refractivity contribution < 1.29 is 4.74 Å². The van der Waals surface area contributed by atoms with Crippen molar-refractivity contribution in [3.8, 4) is 5.75 Å². The zero-order valence-corrected chi connectivity index (χ0v) is 13.1. The van der Waals surface area contributed by atoms with Crippen LogP contribution in [0.5, 0.6) is 5.75 Å². The molecule has 2 N–H and O–H groups in total. The van der Waals surface area contributed by atoms with Gasteiger partial charge >= 0.3 is 0 Å². The molecule has 1 heterocycles. The van der Waals surface area contributed by atoms with E-state index in [1.54, 1.807) is 7.11 Å². The molecule has 0 fully saturated rings. The van der Waals surface area contributed by atoms with Crippen LogP contribution in [0.4, 0.5) is 5.69 Å². The number of pyridine rings is 1. The second-order valence-electron chi connectivity index (χ2n) is 5.29. The predicted molar refractivity (Wildman–Crippen MR) is 89.2 cm³/mol. The second-order valence-corrected chi connectivity index (χ2v) is 5.29. The Bertz CT molecular complexity index is 571. The standard InChI is InChI=1S/C17H25N3O/c1-4-18-9-5-7-13(2)20-16-12-15(21-3)11-14-8-6-10-19-17(14)16/h6,8,10-13,18,20H,4-5,7,9H2,1-3H3. The van der Waals surface area contributed by atoms with Crippen molar-refractivity contribution in [2.45, 2.75) is 32.7 Å². The first kappa shape index (κ1) is 15.6. The van der Waals surface area contributed by atoms with Crippen molar-refractivity contribution in [1.29, 1.82) is 0 Å². The molecular formula is C17H25N3O.